The number of allylic oxidation sites excluding steroid dienone is 1. The van der Waals surface area contributed by atoms with Gasteiger partial charge < -0.3 is 9.84 Å². The number of thioether (sulfide) groups is 1. The van der Waals surface area contributed by atoms with Crippen molar-refractivity contribution in [2.24, 2.45) is 0 Å². The van der Waals surface area contributed by atoms with Gasteiger partial charge in [0.2, 0.25) is 0 Å². The lowest BCUT2D eigenvalue weighted by Crippen LogP contribution is -2.43. The monoisotopic (exact) mass is 379 g/mol. The van der Waals surface area contributed by atoms with E-state index in [-0.39, 0.29) is 5.91 Å². The average molecular weight is 380 g/mol. The first-order valence-corrected chi connectivity index (χ1v) is 9.26. The van der Waals surface area contributed by atoms with Crippen LogP contribution in [-0.4, -0.2) is 39.4 Å². The molecule has 1 unspecified atom stereocenters. The van der Waals surface area contributed by atoms with Crippen LogP contribution < -0.4 is 4.74 Å². The average Bonchev–Trinajstić information content (AvgIpc) is 2.89. The largest absolute Gasteiger partial charge is 0.497 e. The quantitative estimate of drug-likeness (QED) is 0.572. The normalized spacial score (nSPS) is 17.6. The van der Waals surface area contributed by atoms with Crippen LogP contribution in [0.2, 0.25) is 0 Å². The first kappa shape index (κ1) is 19.5. The molecule has 0 aromatic heterocycles. The van der Waals surface area contributed by atoms with E-state index in [1.165, 1.54) is 4.90 Å². The number of carboxylic acids is 1. The molecule has 0 radical (unpaired) electrons. The summed E-state index contributed by atoms with van der Waals surface area (Å²) in [6.45, 7) is 3.82. The van der Waals surface area contributed by atoms with Crippen molar-refractivity contribution in [3.8, 4) is 5.75 Å². The molecule has 1 N–H and O–H groups in total. The standard InChI is InChI=1S/C18H21NO4S2/c1-4-5-9-14(17(21)22)19-16(20)15(25-18(19)24)11(2)12-7-6-8-13(10-12)23-3/h6-8,10,14H,4-5,9H2,1-3H3,(H,21,22)/b15-11-. The number of carbonyl (C=O) groups is 2. The Balaban J connectivity index is 2.37. The van der Waals surface area contributed by atoms with Crippen LogP contribution in [0.3, 0.4) is 0 Å². The Bertz CT molecular complexity index is 730. The van der Waals surface area contributed by atoms with Crippen molar-refractivity contribution >= 4 is 45.7 Å². The van der Waals surface area contributed by atoms with Crippen LogP contribution in [0.4, 0.5) is 0 Å². The topological polar surface area (TPSA) is 66.8 Å². The van der Waals surface area contributed by atoms with Crippen LogP contribution in [-0.2, 0) is 9.59 Å². The second-order valence-electron chi connectivity index (χ2n) is 5.73. The van der Waals surface area contributed by atoms with Crippen molar-refractivity contribution in [2.45, 2.75) is 39.2 Å². The highest BCUT2D eigenvalue weighted by Crippen LogP contribution is 2.38. The summed E-state index contributed by atoms with van der Waals surface area (Å²) in [6.07, 6.45) is 1.98. The molecule has 5 nitrogen and oxygen atoms in total. The summed E-state index contributed by atoms with van der Waals surface area (Å²) in [5, 5.41) is 9.51. The van der Waals surface area contributed by atoms with Crippen LogP contribution in [0.25, 0.3) is 5.57 Å². The highest BCUT2D eigenvalue weighted by atomic mass is 32.2. The van der Waals surface area contributed by atoms with Gasteiger partial charge in [0.1, 0.15) is 16.1 Å². The van der Waals surface area contributed by atoms with E-state index < -0.39 is 12.0 Å². The van der Waals surface area contributed by atoms with E-state index in [4.69, 9.17) is 17.0 Å². The minimum Gasteiger partial charge on any atom is -0.497 e. The molecular weight excluding hydrogens is 358 g/mol. The fraction of sp³-hybridized carbons (Fsp3) is 0.389. The Kier molecular flexibility index (Phi) is 6.61. The molecule has 134 valence electrons. The van der Waals surface area contributed by atoms with Crippen molar-refractivity contribution in [2.75, 3.05) is 7.11 Å². The van der Waals surface area contributed by atoms with E-state index in [1.54, 1.807) is 7.11 Å². The number of hydrogen-bond acceptors (Lipinski definition) is 5. The highest BCUT2D eigenvalue weighted by Gasteiger charge is 2.41. The summed E-state index contributed by atoms with van der Waals surface area (Å²) in [5.74, 6) is -0.664. The van der Waals surface area contributed by atoms with Gasteiger partial charge in [-0.25, -0.2) is 4.79 Å². The van der Waals surface area contributed by atoms with E-state index >= 15 is 0 Å². The number of nitrogens with zero attached hydrogens (tertiary/aromatic N) is 1. The van der Waals surface area contributed by atoms with Gasteiger partial charge in [0.25, 0.3) is 5.91 Å². The van der Waals surface area contributed by atoms with Crippen LogP contribution in [0.1, 0.15) is 38.7 Å². The van der Waals surface area contributed by atoms with Gasteiger partial charge in [-0.05, 0) is 36.6 Å². The molecular formula is C18H21NO4S2. The van der Waals surface area contributed by atoms with E-state index in [0.29, 0.717) is 21.4 Å². The third-order valence-electron chi connectivity index (χ3n) is 4.07. The smallest absolute Gasteiger partial charge is 0.326 e. The lowest BCUT2D eigenvalue weighted by atomic mass is 10.1. The van der Waals surface area contributed by atoms with E-state index in [0.717, 1.165) is 35.7 Å². The van der Waals surface area contributed by atoms with Gasteiger partial charge in [-0.3, -0.25) is 9.69 Å². The highest BCUT2D eigenvalue weighted by molar-refractivity contribution is 8.26. The molecule has 1 aliphatic heterocycles. The number of carboxylic acid groups (broad SMARTS) is 1. The Labute approximate surface area is 157 Å². The summed E-state index contributed by atoms with van der Waals surface area (Å²) >= 11 is 6.46. The van der Waals surface area contributed by atoms with E-state index in [2.05, 4.69) is 0 Å². The molecule has 1 atom stereocenters. The molecule has 1 aromatic rings. The minimum atomic E-state index is -1.02. The van der Waals surface area contributed by atoms with Gasteiger partial charge in [-0.15, -0.1) is 0 Å². The maximum atomic E-state index is 12.9. The van der Waals surface area contributed by atoms with Crippen molar-refractivity contribution in [3.63, 3.8) is 0 Å². The number of amides is 1. The predicted molar refractivity (Wildman–Crippen MR) is 104 cm³/mol. The number of unbranched alkanes of at least 4 members (excludes halogenated alkanes) is 1. The van der Waals surface area contributed by atoms with Crippen molar-refractivity contribution in [3.05, 3.63) is 34.7 Å². The number of rotatable bonds is 7. The summed E-state index contributed by atoms with van der Waals surface area (Å²) in [4.78, 5) is 26.2. The lowest BCUT2D eigenvalue weighted by molar-refractivity contribution is -0.145. The fourth-order valence-corrected chi connectivity index (χ4v) is 4.03. The molecule has 1 heterocycles. The van der Waals surface area contributed by atoms with E-state index in [1.807, 2.05) is 38.1 Å². The Morgan fingerprint density at radius 1 is 1.44 bits per heavy atom. The minimum absolute atomic E-state index is 0.297. The van der Waals surface area contributed by atoms with Crippen LogP contribution >= 0.6 is 24.0 Å². The molecule has 25 heavy (non-hydrogen) atoms. The Morgan fingerprint density at radius 3 is 2.76 bits per heavy atom. The number of hydrogen-bond donors (Lipinski definition) is 1. The molecule has 2 rings (SSSR count). The summed E-state index contributed by atoms with van der Waals surface area (Å²) in [7, 11) is 1.58. The lowest BCUT2D eigenvalue weighted by Gasteiger charge is -2.23. The molecule has 1 amide bonds. The molecule has 1 fully saturated rings. The zero-order chi connectivity index (χ0) is 18.6. The Morgan fingerprint density at radius 2 is 2.16 bits per heavy atom. The summed E-state index contributed by atoms with van der Waals surface area (Å²) in [5.41, 5.74) is 1.61. The molecule has 0 saturated carbocycles. The van der Waals surface area contributed by atoms with Gasteiger partial charge in [0.05, 0.1) is 12.0 Å². The van der Waals surface area contributed by atoms with Gasteiger partial charge in [-0.2, -0.15) is 0 Å². The van der Waals surface area contributed by atoms with Crippen LogP contribution in [0.5, 0.6) is 5.75 Å². The Hall–Kier alpha value is -1.86. The SMILES string of the molecule is CCCCC(C(=O)O)N1C(=O)/C(=C(\C)c2cccc(OC)c2)SC1=S. The third-order valence-corrected chi connectivity index (χ3v) is 5.57. The fourth-order valence-electron chi connectivity index (χ4n) is 2.63. The van der Waals surface area contributed by atoms with Crippen LogP contribution in [0.15, 0.2) is 29.2 Å². The van der Waals surface area contributed by atoms with Gasteiger partial charge in [0, 0.05) is 0 Å². The molecule has 0 aliphatic carbocycles. The van der Waals surface area contributed by atoms with E-state index in [9.17, 15) is 14.7 Å². The first-order chi connectivity index (χ1) is 11.9. The first-order valence-electron chi connectivity index (χ1n) is 8.04. The maximum Gasteiger partial charge on any atom is 0.326 e. The number of aliphatic carboxylic acids is 1. The summed E-state index contributed by atoms with van der Waals surface area (Å²) < 4.78 is 5.52. The summed E-state index contributed by atoms with van der Waals surface area (Å²) in [6, 6.07) is 6.49. The zero-order valence-corrected chi connectivity index (χ0v) is 16.1. The maximum absolute atomic E-state index is 12.9. The molecule has 7 heteroatoms. The van der Waals surface area contributed by atoms with Crippen LogP contribution in [0, 0.1) is 0 Å². The number of methoxy groups -OCH3 is 1. The van der Waals surface area contributed by atoms with Crippen molar-refractivity contribution in [1.29, 1.82) is 0 Å². The van der Waals surface area contributed by atoms with Crippen molar-refractivity contribution < 1.29 is 19.4 Å². The predicted octanol–water partition coefficient (Wildman–Crippen LogP) is 3.93. The molecule has 0 spiro atoms. The number of ether oxygens (including phenoxy) is 1. The third kappa shape index (κ3) is 4.22. The van der Waals surface area contributed by atoms with Gasteiger partial charge >= 0.3 is 5.97 Å². The number of thiocarbonyl (C=S) groups is 1. The van der Waals surface area contributed by atoms with Gasteiger partial charge in [-0.1, -0.05) is 55.9 Å². The molecule has 1 aliphatic rings. The molecule has 1 saturated heterocycles. The van der Waals surface area contributed by atoms with Crippen molar-refractivity contribution in [1.82, 2.24) is 4.90 Å². The zero-order valence-electron chi connectivity index (χ0n) is 14.4. The molecule has 0 bridgehead atoms. The molecule has 1 aromatic carbocycles. The van der Waals surface area contributed by atoms with Gasteiger partial charge in [0.15, 0.2) is 0 Å². The second-order valence-corrected chi connectivity index (χ2v) is 7.37. The number of benzene rings is 1. The number of carbonyl (C=O) groups excluding carboxylic acids is 1. The second kappa shape index (κ2) is 8.49.